The lowest BCUT2D eigenvalue weighted by atomic mass is 10.1. The minimum atomic E-state index is -0.866. The van der Waals surface area contributed by atoms with Crippen LogP contribution in [0.3, 0.4) is 0 Å². The van der Waals surface area contributed by atoms with Crippen LogP contribution in [0.2, 0.25) is 0 Å². The second-order valence-corrected chi connectivity index (χ2v) is 5.01. The average molecular weight is 296 g/mol. The molecule has 2 N–H and O–H groups in total. The lowest BCUT2D eigenvalue weighted by molar-refractivity contribution is -0.112. The molecular weight excluding hydrogens is 283 g/mol. The van der Waals surface area contributed by atoms with E-state index in [1.165, 1.54) is 18.3 Å². The standard InChI is InChI=1S/C17H13FN2O2/c1-10-6-7-13(18)15(8-10)20-17(22)16(21)12-9-19-14-5-3-2-4-11(12)14/h2-9,19H,1H3,(H,20,22). The molecule has 22 heavy (non-hydrogen) atoms. The van der Waals surface area contributed by atoms with Crippen LogP contribution in [0.15, 0.2) is 48.7 Å². The Balaban J connectivity index is 1.89. The summed E-state index contributed by atoms with van der Waals surface area (Å²) in [5.41, 5.74) is 1.82. The van der Waals surface area contributed by atoms with Crippen LogP contribution in [0, 0.1) is 12.7 Å². The molecule has 2 aromatic carbocycles. The Bertz CT molecular complexity index is 883. The van der Waals surface area contributed by atoms with Crippen LogP contribution in [0.4, 0.5) is 10.1 Å². The van der Waals surface area contributed by atoms with Crippen LogP contribution in [-0.2, 0) is 4.79 Å². The Morgan fingerprint density at radius 2 is 1.91 bits per heavy atom. The first-order chi connectivity index (χ1) is 10.6. The highest BCUT2D eigenvalue weighted by Crippen LogP contribution is 2.20. The van der Waals surface area contributed by atoms with E-state index in [0.717, 1.165) is 11.1 Å². The molecule has 0 unspecified atom stereocenters. The average Bonchev–Trinajstić information content (AvgIpc) is 2.94. The molecule has 0 bridgehead atoms. The van der Waals surface area contributed by atoms with Crippen molar-refractivity contribution in [3.63, 3.8) is 0 Å². The zero-order valence-electron chi connectivity index (χ0n) is 11.8. The summed E-state index contributed by atoms with van der Waals surface area (Å²) in [6.07, 6.45) is 1.49. The number of fused-ring (bicyclic) bond motifs is 1. The first kappa shape index (κ1) is 14.0. The number of anilines is 1. The number of halogens is 1. The highest BCUT2D eigenvalue weighted by atomic mass is 19.1. The molecule has 0 spiro atoms. The highest BCUT2D eigenvalue weighted by molar-refractivity contribution is 6.48. The number of hydrogen-bond acceptors (Lipinski definition) is 2. The molecule has 1 heterocycles. The summed E-state index contributed by atoms with van der Waals surface area (Å²) in [6, 6.07) is 11.5. The van der Waals surface area contributed by atoms with Gasteiger partial charge in [0, 0.05) is 17.1 Å². The third-order valence-electron chi connectivity index (χ3n) is 3.41. The van der Waals surface area contributed by atoms with Gasteiger partial charge in [-0.15, -0.1) is 0 Å². The summed E-state index contributed by atoms with van der Waals surface area (Å²) in [6.45, 7) is 1.77. The first-order valence-corrected chi connectivity index (χ1v) is 6.74. The number of para-hydroxylation sites is 1. The van der Waals surface area contributed by atoms with Crippen molar-refractivity contribution in [3.8, 4) is 0 Å². The number of ketones is 1. The van der Waals surface area contributed by atoms with Crippen molar-refractivity contribution in [1.29, 1.82) is 0 Å². The largest absolute Gasteiger partial charge is 0.360 e. The van der Waals surface area contributed by atoms with Gasteiger partial charge in [0.05, 0.1) is 11.3 Å². The van der Waals surface area contributed by atoms with Gasteiger partial charge in [-0.05, 0) is 30.7 Å². The topological polar surface area (TPSA) is 62.0 Å². The fourth-order valence-corrected chi connectivity index (χ4v) is 2.30. The van der Waals surface area contributed by atoms with E-state index in [-0.39, 0.29) is 11.3 Å². The van der Waals surface area contributed by atoms with Crippen LogP contribution in [0.1, 0.15) is 15.9 Å². The lowest BCUT2D eigenvalue weighted by Gasteiger charge is -2.06. The van der Waals surface area contributed by atoms with Gasteiger partial charge < -0.3 is 10.3 Å². The van der Waals surface area contributed by atoms with Gasteiger partial charge in [-0.2, -0.15) is 0 Å². The van der Waals surface area contributed by atoms with Gasteiger partial charge in [-0.25, -0.2) is 4.39 Å². The van der Waals surface area contributed by atoms with E-state index >= 15 is 0 Å². The minimum absolute atomic E-state index is 0.00167. The van der Waals surface area contributed by atoms with Crippen molar-refractivity contribution >= 4 is 28.3 Å². The number of carbonyl (C=O) groups excluding carboxylic acids is 2. The Morgan fingerprint density at radius 3 is 2.73 bits per heavy atom. The van der Waals surface area contributed by atoms with Gasteiger partial charge in [0.1, 0.15) is 5.82 Å². The predicted molar refractivity (Wildman–Crippen MR) is 82.4 cm³/mol. The van der Waals surface area contributed by atoms with E-state index in [1.54, 1.807) is 25.1 Å². The summed E-state index contributed by atoms with van der Waals surface area (Å²) in [7, 11) is 0. The molecule has 0 aliphatic heterocycles. The Labute approximate surface area is 126 Å². The number of amides is 1. The summed E-state index contributed by atoms with van der Waals surface area (Å²) in [4.78, 5) is 27.3. The monoisotopic (exact) mass is 296 g/mol. The number of nitrogens with one attached hydrogen (secondary N) is 2. The van der Waals surface area contributed by atoms with E-state index in [9.17, 15) is 14.0 Å². The van der Waals surface area contributed by atoms with Gasteiger partial charge >= 0.3 is 0 Å². The highest BCUT2D eigenvalue weighted by Gasteiger charge is 2.20. The third-order valence-corrected chi connectivity index (χ3v) is 3.41. The third kappa shape index (κ3) is 2.48. The number of aryl methyl sites for hydroxylation is 1. The maximum absolute atomic E-state index is 13.7. The van der Waals surface area contributed by atoms with E-state index < -0.39 is 17.5 Å². The Morgan fingerprint density at radius 1 is 1.14 bits per heavy atom. The molecule has 3 aromatic rings. The Kier molecular flexibility index (Phi) is 3.47. The number of aromatic amines is 1. The number of H-pyrrole nitrogens is 1. The van der Waals surface area contributed by atoms with E-state index in [4.69, 9.17) is 0 Å². The van der Waals surface area contributed by atoms with Crippen molar-refractivity contribution in [2.45, 2.75) is 6.92 Å². The van der Waals surface area contributed by atoms with Crippen LogP contribution < -0.4 is 5.32 Å². The minimum Gasteiger partial charge on any atom is -0.360 e. The van der Waals surface area contributed by atoms with E-state index in [1.807, 2.05) is 12.1 Å². The number of benzene rings is 2. The van der Waals surface area contributed by atoms with Crippen molar-refractivity contribution in [2.75, 3.05) is 5.32 Å². The number of hydrogen-bond donors (Lipinski definition) is 2. The Hall–Kier alpha value is -2.95. The summed E-state index contributed by atoms with van der Waals surface area (Å²) in [5, 5.41) is 2.99. The first-order valence-electron chi connectivity index (χ1n) is 6.74. The molecule has 0 saturated heterocycles. The molecule has 0 saturated carbocycles. The molecule has 3 rings (SSSR count). The SMILES string of the molecule is Cc1ccc(F)c(NC(=O)C(=O)c2c[nH]c3ccccc23)c1. The van der Waals surface area contributed by atoms with Crippen molar-refractivity contribution in [1.82, 2.24) is 4.98 Å². The molecule has 0 fully saturated rings. The number of rotatable bonds is 3. The zero-order chi connectivity index (χ0) is 15.7. The molecule has 0 radical (unpaired) electrons. The lowest BCUT2D eigenvalue weighted by Crippen LogP contribution is -2.23. The molecule has 1 amide bonds. The van der Waals surface area contributed by atoms with Crippen LogP contribution in [0.25, 0.3) is 10.9 Å². The quantitative estimate of drug-likeness (QED) is 0.574. The van der Waals surface area contributed by atoms with Crippen LogP contribution in [0.5, 0.6) is 0 Å². The molecule has 1 aromatic heterocycles. The number of Topliss-reactive ketones (excluding diaryl/α,β-unsaturated/α-hetero) is 1. The predicted octanol–water partition coefficient (Wildman–Crippen LogP) is 3.44. The molecule has 0 atom stereocenters. The zero-order valence-corrected chi connectivity index (χ0v) is 11.8. The molecule has 5 heteroatoms. The second kappa shape index (κ2) is 5.44. The number of aromatic nitrogens is 1. The van der Waals surface area contributed by atoms with Crippen LogP contribution in [-0.4, -0.2) is 16.7 Å². The van der Waals surface area contributed by atoms with E-state index in [2.05, 4.69) is 10.3 Å². The number of carbonyl (C=O) groups is 2. The fourth-order valence-electron chi connectivity index (χ4n) is 2.30. The van der Waals surface area contributed by atoms with Gasteiger partial charge in [0.2, 0.25) is 0 Å². The summed E-state index contributed by atoms with van der Waals surface area (Å²) in [5.74, 6) is -2.15. The smallest absolute Gasteiger partial charge is 0.296 e. The van der Waals surface area contributed by atoms with Crippen molar-refractivity contribution in [3.05, 3.63) is 65.6 Å². The van der Waals surface area contributed by atoms with Gasteiger partial charge in [0.25, 0.3) is 11.7 Å². The van der Waals surface area contributed by atoms with E-state index in [0.29, 0.717) is 5.39 Å². The fraction of sp³-hybridized carbons (Fsp3) is 0.0588. The van der Waals surface area contributed by atoms with Crippen molar-refractivity contribution in [2.24, 2.45) is 0 Å². The van der Waals surface area contributed by atoms with Crippen molar-refractivity contribution < 1.29 is 14.0 Å². The second-order valence-electron chi connectivity index (χ2n) is 5.01. The molecule has 110 valence electrons. The summed E-state index contributed by atoms with van der Waals surface area (Å²) >= 11 is 0. The maximum atomic E-state index is 13.7. The maximum Gasteiger partial charge on any atom is 0.296 e. The van der Waals surface area contributed by atoms with Gasteiger partial charge in [0.15, 0.2) is 0 Å². The van der Waals surface area contributed by atoms with Crippen LogP contribution >= 0.6 is 0 Å². The summed E-state index contributed by atoms with van der Waals surface area (Å²) < 4.78 is 13.7. The molecule has 4 nitrogen and oxygen atoms in total. The van der Waals surface area contributed by atoms with Gasteiger partial charge in [-0.1, -0.05) is 24.3 Å². The van der Waals surface area contributed by atoms with Gasteiger partial charge in [-0.3, -0.25) is 9.59 Å². The molecular formula is C17H13FN2O2. The molecule has 0 aliphatic carbocycles. The molecule has 0 aliphatic rings. The normalized spacial score (nSPS) is 10.6.